The molecule has 0 atom stereocenters. The van der Waals surface area contributed by atoms with Crippen LogP contribution in [0.5, 0.6) is 0 Å². The van der Waals surface area contributed by atoms with Gasteiger partial charge in [0, 0.05) is 19.0 Å². The molecule has 0 spiro atoms. The summed E-state index contributed by atoms with van der Waals surface area (Å²) in [5.74, 6) is 0.336. The molecule has 1 amide bonds. The highest BCUT2D eigenvalue weighted by Gasteiger charge is 2.14. The summed E-state index contributed by atoms with van der Waals surface area (Å²) in [6.07, 6.45) is 0. The van der Waals surface area contributed by atoms with Crippen LogP contribution in [0.15, 0.2) is 0 Å². The molecule has 0 bridgehead atoms. The Morgan fingerprint density at radius 2 is 1.42 bits per heavy atom. The van der Waals surface area contributed by atoms with Gasteiger partial charge in [0.2, 0.25) is 5.91 Å². The summed E-state index contributed by atoms with van der Waals surface area (Å²) in [4.78, 5) is 13.0. The van der Waals surface area contributed by atoms with Crippen LogP contribution in [0.25, 0.3) is 0 Å². The molecule has 0 aliphatic carbocycles. The Morgan fingerprint density at radius 3 is 1.50 bits per heavy atom. The van der Waals surface area contributed by atoms with Gasteiger partial charge in [-0.2, -0.15) is 0 Å². The predicted octanol–water partition coefficient (Wildman–Crippen LogP) is 2.54. The summed E-state index contributed by atoms with van der Waals surface area (Å²) in [7, 11) is 1.84. The van der Waals surface area contributed by atoms with Crippen molar-refractivity contribution in [2.24, 2.45) is 5.92 Å². The third-order valence-corrected chi connectivity index (χ3v) is 1.62. The molecule has 0 aliphatic heterocycles. The largest absolute Gasteiger partial charge is 0.343 e. The molecule has 0 unspecified atom stereocenters. The maximum absolute atomic E-state index is 11.2. The van der Waals surface area contributed by atoms with Crippen LogP contribution in [-0.2, 0) is 4.79 Å². The number of rotatable bonds is 2. The minimum Gasteiger partial charge on any atom is -0.343 e. The average molecular weight is 173 g/mol. The molecule has 0 N–H and O–H groups in total. The van der Waals surface area contributed by atoms with Crippen molar-refractivity contribution in [1.82, 2.24) is 4.90 Å². The van der Waals surface area contributed by atoms with Gasteiger partial charge in [-0.1, -0.05) is 27.7 Å². The molecule has 0 heterocycles. The van der Waals surface area contributed by atoms with E-state index in [9.17, 15) is 4.79 Å². The van der Waals surface area contributed by atoms with E-state index in [0.29, 0.717) is 6.04 Å². The molecule has 0 aromatic rings. The van der Waals surface area contributed by atoms with Crippen molar-refractivity contribution in [3.05, 3.63) is 0 Å². The van der Waals surface area contributed by atoms with Gasteiger partial charge in [-0.3, -0.25) is 4.79 Å². The van der Waals surface area contributed by atoms with Gasteiger partial charge in [-0.05, 0) is 13.8 Å². The fraction of sp³-hybridized carbons (Fsp3) is 0.900. The Morgan fingerprint density at radius 1 is 1.08 bits per heavy atom. The van der Waals surface area contributed by atoms with Gasteiger partial charge in [-0.15, -0.1) is 0 Å². The monoisotopic (exact) mass is 173 g/mol. The van der Waals surface area contributed by atoms with Crippen LogP contribution in [0.1, 0.15) is 41.5 Å². The summed E-state index contributed by atoms with van der Waals surface area (Å²) < 4.78 is 0. The quantitative estimate of drug-likeness (QED) is 0.628. The first-order valence-electron chi connectivity index (χ1n) is 4.73. The van der Waals surface area contributed by atoms with Crippen LogP contribution in [0, 0.1) is 5.92 Å². The van der Waals surface area contributed by atoms with Crippen molar-refractivity contribution in [3.63, 3.8) is 0 Å². The Bertz CT molecular complexity index is 119. The minimum atomic E-state index is 0.118. The lowest BCUT2D eigenvalue weighted by Gasteiger charge is -2.23. The van der Waals surface area contributed by atoms with E-state index in [2.05, 4.69) is 0 Å². The molecule has 12 heavy (non-hydrogen) atoms. The number of carbonyl (C=O) groups excluding carboxylic acids is 1. The fourth-order valence-corrected chi connectivity index (χ4v) is 0.662. The molecule has 0 aromatic carbocycles. The molecular weight excluding hydrogens is 150 g/mol. The summed E-state index contributed by atoms with van der Waals surface area (Å²) in [6.45, 7) is 11.9. The molecule has 2 heteroatoms. The fourth-order valence-electron chi connectivity index (χ4n) is 0.662. The van der Waals surface area contributed by atoms with Crippen molar-refractivity contribution in [1.29, 1.82) is 0 Å². The summed E-state index contributed by atoms with van der Waals surface area (Å²) in [6, 6.07) is 0.315. The molecule has 0 saturated carbocycles. The van der Waals surface area contributed by atoms with E-state index in [0.717, 1.165) is 0 Å². The number of amides is 1. The number of hydrogen-bond donors (Lipinski definition) is 0. The van der Waals surface area contributed by atoms with E-state index in [-0.39, 0.29) is 11.8 Å². The zero-order valence-electron chi connectivity index (χ0n) is 9.51. The van der Waals surface area contributed by atoms with E-state index >= 15 is 0 Å². The molecule has 0 rings (SSSR count). The zero-order chi connectivity index (χ0) is 10.3. The smallest absolute Gasteiger partial charge is 0.225 e. The van der Waals surface area contributed by atoms with Gasteiger partial charge in [-0.25, -0.2) is 0 Å². The van der Waals surface area contributed by atoms with Gasteiger partial charge in [0.25, 0.3) is 0 Å². The first-order chi connectivity index (χ1) is 5.46. The van der Waals surface area contributed by atoms with Gasteiger partial charge >= 0.3 is 0 Å². The highest BCUT2D eigenvalue weighted by Crippen LogP contribution is 2.02. The van der Waals surface area contributed by atoms with Crippen LogP contribution in [0.4, 0.5) is 0 Å². The van der Waals surface area contributed by atoms with Gasteiger partial charge in [0.15, 0.2) is 0 Å². The Hall–Kier alpha value is -0.530. The van der Waals surface area contributed by atoms with Crippen LogP contribution in [0.2, 0.25) is 0 Å². The molecule has 0 aromatic heterocycles. The SMILES string of the molecule is CC.CC(C)C(=O)N(C)C(C)C. The minimum absolute atomic E-state index is 0.118. The molecule has 0 aliphatic rings. The average Bonchev–Trinajstić information content (AvgIpc) is 2.05. The lowest BCUT2D eigenvalue weighted by Crippen LogP contribution is -2.35. The normalized spacial score (nSPS) is 9.42. The number of carbonyl (C=O) groups is 1. The molecule has 0 fully saturated rings. The van der Waals surface area contributed by atoms with E-state index in [1.807, 2.05) is 48.6 Å². The zero-order valence-corrected chi connectivity index (χ0v) is 9.51. The molecular formula is C10H23NO. The summed E-state index contributed by atoms with van der Waals surface area (Å²) in [5, 5.41) is 0. The van der Waals surface area contributed by atoms with Crippen molar-refractivity contribution in [3.8, 4) is 0 Å². The summed E-state index contributed by atoms with van der Waals surface area (Å²) >= 11 is 0. The van der Waals surface area contributed by atoms with Crippen molar-refractivity contribution in [2.75, 3.05) is 7.05 Å². The lowest BCUT2D eigenvalue weighted by molar-refractivity contribution is -0.134. The second kappa shape index (κ2) is 7.14. The third-order valence-electron chi connectivity index (χ3n) is 1.62. The van der Waals surface area contributed by atoms with Crippen LogP contribution in [0.3, 0.4) is 0 Å². The van der Waals surface area contributed by atoms with E-state index in [1.54, 1.807) is 4.90 Å². The van der Waals surface area contributed by atoms with Gasteiger partial charge in [0.1, 0.15) is 0 Å². The summed E-state index contributed by atoms with van der Waals surface area (Å²) in [5.41, 5.74) is 0. The highest BCUT2D eigenvalue weighted by molar-refractivity contribution is 5.78. The molecule has 0 radical (unpaired) electrons. The first kappa shape index (κ1) is 14.0. The lowest BCUT2D eigenvalue weighted by atomic mass is 10.2. The Balaban J connectivity index is 0. The number of hydrogen-bond acceptors (Lipinski definition) is 1. The third kappa shape index (κ3) is 5.16. The van der Waals surface area contributed by atoms with Crippen molar-refractivity contribution < 1.29 is 4.79 Å². The first-order valence-corrected chi connectivity index (χ1v) is 4.73. The molecule has 74 valence electrons. The molecule has 0 saturated heterocycles. The van der Waals surface area contributed by atoms with Crippen molar-refractivity contribution in [2.45, 2.75) is 47.6 Å². The number of nitrogens with zero attached hydrogens (tertiary/aromatic N) is 1. The second-order valence-corrected chi connectivity index (χ2v) is 3.20. The molecule has 2 nitrogen and oxygen atoms in total. The maximum atomic E-state index is 11.2. The van der Waals surface area contributed by atoms with Crippen molar-refractivity contribution >= 4 is 5.91 Å². The van der Waals surface area contributed by atoms with Crippen LogP contribution in [-0.4, -0.2) is 23.9 Å². The Labute approximate surface area is 77.0 Å². The predicted molar refractivity (Wildman–Crippen MR) is 54.1 cm³/mol. The maximum Gasteiger partial charge on any atom is 0.225 e. The van der Waals surface area contributed by atoms with Crippen LogP contribution >= 0.6 is 0 Å². The topological polar surface area (TPSA) is 20.3 Å². The van der Waals surface area contributed by atoms with Gasteiger partial charge in [0.05, 0.1) is 0 Å². The highest BCUT2D eigenvalue weighted by atomic mass is 16.2. The van der Waals surface area contributed by atoms with Crippen LogP contribution < -0.4 is 0 Å². The van der Waals surface area contributed by atoms with Gasteiger partial charge < -0.3 is 4.90 Å². The van der Waals surface area contributed by atoms with E-state index < -0.39 is 0 Å². The Kier molecular flexibility index (Phi) is 8.34. The standard InChI is InChI=1S/C8H17NO.C2H6/c1-6(2)8(10)9(5)7(3)4;1-2/h6-7H,1-5H3;1-2H3. The van der Waals surface area contributed by atoms with E-state index in [4.69, 9.17) is 0 Å². The second-order valence-electron chi connectivity index (χ2n) is 3.20. The van der Waals surface area contributed by atoms with E-state index in [1.165, 1.54) is 0 Å².